The van der Waals surface area contributed by atoms with Crippen molar-refractivity contribution in [3.63, 3.8) is 0 Å². The van der Waals surface area contributed by atoms with E-state index in [0.717, 1.165) is 12.1 Å². The molecule has 0 unspecified atom stereocenters. The predicted molar refractivity (Wildman–Crippen MR) is 64.9 cm³/mol. The van der Waals surface area contributed by atoms with Gasteiger partial charge in [-0.15, -0.1) is 0 Å². The van der Waals surface area contributed by atoms with Crippen LogP contribution in [0.3, 0.4) is 0 Å². The van der Waals surface area contributed by atoms with Crippen LogP contribution < -0.4 is 5.73 Å². The molecule has 17 heavy (non-hydrogen) atoms. The van der Waals surface area contributed by atoms with Gasteiger partial charge in [0.25, 0.3) is 0 Å². The van der Waals surface area contributed by atoms with Gasteiger partial charge in [0, 0.05) is 0 Å². The Kier molecular flexibility index (Phi) is 3.13. The molecule has 0 saturated carbocycles. The Morgan fingerprint density at radius 2 is 2.18 bits per heavy atom. The SMILES string of the molecule is CC(C)Cc1noc(N)c1-c1cccc(F)c1. The highest BCUT2D eigenvalue weighted by Crippen LogP contribution is 2.31. The van der Waals surface area contributed by atoms with Gasteiger partial charge < -0.3 is 10.3 Å². The third kappa shape index (κ3) is 2.46. The first-order chi connectivity index (χ1) is 8.08. The molecule has 0 aliphatic rings. The van der Waals surface area contributed by atoms with Crippen LogP contribution in [0.15, 0.2) is 28.8 Å². The standard InChI is InChI=1S/C13H15FN2O/c1-8(2)6-11-12(13(15)17-16-11)9-4-3-5-10(14)7-9/h3-5,7-8H,6,15H2,1-2H3. The summed E-state index contributed by atoms with van der Waals surface area (Å²) in [5.41, 5.74) is 7.94. The van der Waals surface area contributed by atoms with E-state index in [2.05, 4.69) is 19.0 Å². The van der Waals surface area contributed by atoms with E-state index in [1.54, 1.807) is 12.1 Å². The zero-order valence-corrected chi connectivity index (χ0v) is 9.90. The average Bonchev–Trinajstić information content (AvgIpc) is 2.59. The molecule has 90 valence electrons. The summed E-state index contributed by atoms with van der Waals surface area (Å²) in [5, 5.41) is 3.94. The van der Waals surface area contributed by atoms with Crippen LogP contribution in [0, 0.1) is 11.7 Å². The van der Waals surface area contributed by atoms with Crippen LogP contribution in [0.1, 0.15) is 19.5 Å². The lowest BCUT2D eigenvalue weighted by Crippen LogP contribution is -1.97. The molecule has 4 heteroatoms. The average molecular weight is 234 g/mol. The topological polar surface area (TPSA) is 52.0 Å². The third-order valence-electron chi connectivity index (χ3n) is 2.50. The summed E-state index contributed by atoms with van der Waals surface area (Å²) in [7, 11) is 0. The minimum Gasteiger partial charge on any atom is -0.367 e. The van der Waals surface area contributed by atoms with E-state index in [1.807, 2.05) is 0 Å². The summed E-state index contributed by atoms with van der Waals surface area (Å²) in [6.45, 7) is 4.17. The zero-order chi connectivity index (χ0) is 12.4. The van der Waals surface area contributed by atoms with E-state index in [4.69, 9.17) is 10.3 Å². The number of aromatic nitrogens is 1. The fourth-order valence-corrected chi connectivity index (χ4v) is 1.82. The van der Waals surface area contributed by atoms with Gasteiger partial charge >= 0.3 is 0 Å². The van der Waals surface area contributed by atoms with Crippen LogP contribution >= 0.6 is 0 Å². The molecular formula is C13H15FN2O. The molecule has 2 aromatic rings. The Labute approximate surface area is 99.4 Å². The van der Waals surface area contributed by atoms with Gasteiger partial charge in [0.15, 0.2) is 0 Å². The maximum Gasteiger partial charge on any atom is 0.230 e. The van der Waals surface area contributed by atoms with Gasteiger partial charge in [-0.1, -0.05) is 31.1 Å². The number of nitrogens with two attached hydrogens (primary N) is 1. The Balaban J connectivity index is 2.47. The maximum atomic E-state index is 13.2. The van der Waals surface area contributed by atoms with Gasteiger partial charge in [0.05, 0.1) is 11.3 Å². The predicted octanol–water partition coefficient (Wildman–Crippen LogP) is 3.26. The van der Waals surface area contributed by atoms with Crippen LogP contribution in [-0.4, -0.2) is 5.16 Å². The number of hydrogen-bond acceptors (Lipinski definition) is 3. The zero-order valence-electron chi connectivity index (χ0n) is 9.90. The second kappa shape index (κ2) is 4.57. The Morgan fingerprint density at radius 3 is 2.82 bits per heavy atom. The van der Waals surface area contributed by atoms with Gasteiger partial charge in [0.1, 0.15) is 5.82 Å². The van der Waals surface area contributed by atoms with Crippen LogP contribution in [0.4, 0.5) is 10.3 Å². The number of rotatable bonds is 3. The number of halogens is 1. The van der Waals surface area contributed by atoms with Crippen LogP contribution in [0.2, 0.25) is 0 Å². The minimum absolute atomic E-state index is 0.242. The first-order valence-corrected chi connectivity index (χ1v) is 5.58. The first kappa shape index (κ1) is 11.6. The minimum atomic E-state index is -0.293. The first-order valence-electron chi connectivity index (χ1n) is 5.58. The van der Waals surface area contributed by atoms with Crippen LogP contribution in [0.5, 0.6) is 0 Å². The normalized spacial score (nSPS) is 11.1. The van der Waals surface area contributed by atoms with Crippen LogP contribution in [0.25, 0.3) is 11.1 Å². The van der Waals surface area contributed by atoms with Crippen molar-refractivity contribution in [2.24, 2.45) is 5.92 Å². The van der Waals surface area contributed by atoms with Crippen molar-refractivity contribution in [1.82, 2.24) is 5.16 Å². The summed E-state index contributed by atoms with van der Waals surface area (Å²) in [5.74, 6) is 0.386. The van der Waals surface area contributed by atoms with Crippen LogP contribution in [-0.2, 0) is 6.42 Å². The number of nitrogen functional groups attached to an aromatic ring is 1. The van der Waals surface area contributed by atoms with Gasteiger partial charge in [-0.05, 0) is 30.0 Å². The maximum absolute atomic E-state index is 13.2. The quantitative estimate of drug-likeness (QED) is 0.886. The molecule has 1 aromatic heterocycles. The van der Waals surface area contributed by atoms with E-state index in [0.29, 0.717) is 17.0 Å². The number of benzene rings is 1. The summed E-state index contributed by atoms with van der Waals surface area (Å²) in [6, 6.07) is 6.29. The molecule has 0 saturated heterocycles. The second-order valence-corrected chi connectivity index (χ2v) is 4.48. The largest absolute Gasteiger partial charge is 0.367 e. The van der Waals surface area contributed by atoms with Crippen molar-refractivity contribution in [2.75, 3.05) is 5.73 Å². The fourth-order valence-electron chi connectivity index (χ4n) is 1.82. The van der Waals surface area contributed by atoms with Gasteiger partial charge in [-0.3, -0.25) is 0 Å². The Hall–Kier alpha value is -1.84. The molecule has 1 heterocycles. The van der Waals surface area contributed by atoms with E-state index < -0.39 is 0 Å². The fraction of sp³-hybridized carbons (Fsp3) is 0.308. The molecule has 1 aromatic carbocycles. The lowest BCUT2D eigenvalue weighted by Gasteiger charge is -2.04. The second-order valence-electron chi connectivity index (χ2n) is 4.48. The van der Waals surface area contributed by atoms with Gasteiger partial charge in [-0.25, -0.2) is 4.39 Å². The summed E-state index contributed by atoms with van der Waals surface area (Å²) < 4.78 is 18.2. The summed E-state index contributed by atoms with van der Waals surface area (Å²) >= 11 is 0. The van der Waals surface area contributed by atoms with Crippen molar-refractivity contribution in [3.05, 3.63) is 35.8 Å². The molecule has 0 aliphatic carbocycles. The molecule has 3 nitrogen and oxygen atoms in total. The summed E-state index contributed by atoms with van der Waals surface area (Å²) in [6.07, 6.45) is 0.756. The molecule has 2 N–H and O–H groups in total. The highest BCUT2D eigenvalue weighted by atomic mass is 19.1. The molecule has 0 fully saturated rings. The van der Waals surface area contributed by atoms with E-state index >= 15 is 0 Å². The number of nitrogens with zero attached hydrogens (tertiary/aromatic N) is 1. The third-order valence-corrected chi connectivity index (χ3v) is 2.50. The van der Waals surface area contributed by atoms with Crippen molar-refractivity contribution in [3.8, 4) is 11.1 Å². The molecule has 0 bridgehead atoms. The lowest BCUT2D eigenvalue weighted by molar-refractivity contribution is 0.422. The monoisotopic (exact) mass is 234 g/mol. The lowest BCUT2D eigenvalue weighted by atomic mass is 9.99. The van der Waals surface area contributed by atoms with Crippen molar-refractivity contribution in [1.29, 1.82) is 0 Å². The van der Waals surface area contributed by atoms with Gasteiger partial charge in [-0.2, -0.15) is 0 Å². The molecule has 0 atom stereocenters. The van der Waals surface area contributed by atoms with E-state index in [1.165, 1.54) is 12.1 Å². The van der Waals surface area contributed by atoms with E-state index in [9.17, 15) is 4.39 Å². The molecule has 0 aliphatic heterocycles. The van der Waals surface area contributed by atoms with Gasteiger partial charge in [0.2, 0.25) is 5.88 Å². The number of anilines is 1. The molecule has 0 amide bonds. The molecule has 0 radical (unpaired) electrons. The highest BCUT2D eigenvalue weighted by Gasteiger charge is 2.16. The van der Waals surface area contributed by atoms with Crippen molar-refractivity contribution < 1.29 is 8.91 Å². The van der Waals surface area contributed by atoms with E-state index in [-0.39, 0.29) is 11.7 Å². The Morgan fingerprint density at radius 1 is 1.41 bits per heavy atom. The molecular weight excluding hydrogens is 219 g/mol. The van der Waals surface area contributed by atoms with Crippen molar-refractivity contribution >= 4 is 5.88 Å². The number of hydrogen-bond donors (Lipinski definition) is 1. The Bertz CT molecular complexity index is 520. The smallest absolute Gasteiger partial charge is 0.230 e. The highest BCUT2D eigenvalue weighted by molar-refractivity contribution is 5.75. The van der Waals surface area contributed by atoms with Crippen molar-refractivity contribution in [2.45, 2.75) is 20.3 Å². The summed E-state index contributed by atoms with van der Waals surface area (Å²) in [4.78, 5) is 0. The molecule has 0 spiro atoms. The molecule has 2 rings (SSSR count).